The van der Waals surface area contributed by atoms with E-state index < -0.39 is 7.60 Å². The van der Waals surface area contributed by atoms with E-state index in [-0.39, 0.29) is 0 Å². The molecule has 82 valence electrons. The summed E-state index contributed by atoms with van der Waals surface area (Å²) in [4.78, 5) is 0. The second-order valence-corrected chi connectivity index (χ2v) is 5.19. The third kappa shape index (κ3) is 3.31. The standard InChI is InChI=1S/C11H15O3P/c1-10-6-4-5-7-11(10)8-9-15(12,13-2)14-3/h4-9H,1-3H3/b9-8+. The predicted octanol–water partition coefficient (Wildman–Crippen LogP) is 3.45. The largest absolute Gasteiger partial charge is 0.353 e. The molecule has 0 atom stereocenters. The van der Waals surface area contributed by atoms with Crippen LogP contribution >= 0.6 is 7.60 Å². The van der Waals surface area contributed by atoms with Crippen LogP contribution in [-0.2, 0) is 13.6 Å². The SMILES string of the molecule is COP(=O)(/C=C/c1ccccc1C)OC. The molecule has 3 nitrogen and oxygen atoms in total. The van der Waals surface area contributed by atoms with Crippen molar-refractivity contribution >= 4 is 13.7 Å². The molecule has 0 fully saturated rings. The van der Waals surface area contributed by atoms with Crippen LogP contribution in [0.3, 0.4) is 0 Å². The van der Waals surface area contributed by atoms with Crippen LogP contribution < -0.4 is 0 Å². The first-order chi connectivity index (χ1) is 7.11. The Balaban J connectivity index is 2.91. The summed E-state index contributed by atoms with van der Waals surface area (Å²) in [6.45, 7) is 1.99. The number of hydrogen-bond acceptors (Lipinski definition) is 3. The highest BCUT2D eigenvalue weighted by Crippen LogP contribution is 2.48. The molecule has 0 saturated carbocycles. The molecule has 15 heavy (non-hydrogen) atoms. The quantitative estimate of drug-likeness (QED) is 0.737. The lowest BCUT2D eigenvalue weighted by Crippen LogP contribution is -1.84. The third-order valence-corrected chi connectivity index (χ3v) is 3.67. The van der Waals surface area contributed by atoms with Gasteiger partial charge >= 0.3 is 7.60 Å². The van der Waals surface area contributed by atoms with Crippen LogP contribution in [0.4, 0.5) is 0 Å². The van der Waals surface area contributed by atoms with E-state index >= 15 is 0 Å². The van der Waals surface area contributed by atoms with Crippen molar-refractivity contribution in [2.24, 2.45) is 0 Å². The van der Waals surface area contributed by atoms with Crippen LogP contribution in [-0.4, -0.2) is 14.2 Å². The van der Waals surface area contributed by atoms with Crippen molar-refractivity contribution in [3.63, 3.8) is 0 Å². The lowest BCUT2D eigenvalue weighted by molar-refractivity contribution is 0.286. The van der Waals surface area contributed by atoms with Gasteiger partial charge in [-0.1, -0.05) is 24.3 Å². The Morgan fingerprint density at radius 2 is 1.80 bits per heavy atom. The van der Waals surface area contributed by atoms with Gasteiger partial charge in [0.25, 0.3) is 0 Å². The summed E-state index contributed by atoms with van der Waals surface area (Å²) in [6.07, 6.45) is 1.75. The van der Waals surface area contributed by atoms with Gasteiger partial charge in [-0.05, 0) is 24.1 Å². The summed E-state index contributed by atoms with van der Waals surface area (Å²) in [5, 5.41) is 0. The van der Waals surface area contributed by atoms with Crippen LogP contribution in [0.25, 0.3) is 6.08 Å². The Labute approximate surface area is 90.3 Å². The van der Waals surface area contributed by atoms with Gasteiger partial charge in [-0.15, -0.1) is 0 Å². The fraction of sp³-hybridized carbons (Fsp3) is 0.273. The van der Waals surface area contributed by atoms with Gasteiger partial charge in [-0.25, -0.2) is 0 Å². The molecule has 0 radical (unpaired) electrons. The molecule has 0 spiro atoms. The second kappa shape index (κ2) is 5.26. The lowest BCUT2D eigenvalue weighted by atomic mass is 10.1. The van der Waals surface area contributed by atoms with Crippen molar-refractivity contribution in [1.29, 1.82) is 0 Å². The Morgan fingerprint density at radius 3 is 2.33 bits per heavy atom. The molecule has 1 rings (SSSR count). The Bertz CT molecular complexity index is 391. The molecule has 0 aliphatic rings. The zero-order chi connectivity index (χ0) is 11.3. The van der Waals surface area contributed by atoms with E-state index in [4.69, 9.17) is 9.05 Å². The van der Waals surface area contributed by atoms with E-state index in [2.05, 4.69) is 0 Å². The lowest BCUT2D eigenvalue weighted by Gasteiger charge is -2.08. The number of aryl methyl sites for hydroxylation is 1. The van der Waals surface area contributed by atoms with Crippen LogP contribution in [0.1, 0.15) is 11.1 Å². The molecule has 0 unspecified atom stereocenters. The normalized spacial score (nSPS) is 12.2. The second-order valence-electron chi connectivity index (χ2n) is 3.08. The minimum absolute atomic E-state index is 1.01. The van der Waals surface area contributed by atoms with Gasteiger partial charge in [0.2, 0.25) is 0 Å². The third-order valence-electron chi connectivity index (χ3n) is 2.13. The highest BCUT2D eigenvalue weighted by Gasteiger charge is 2.15. The van der Waals surface area contributed by atoms with Crippen molar-refractivity contribution in [2.75, 3.05) is 14.2 Å². The minimum Gasteiger partial charge on any atom is -0.309 e. The Hall–Kier alpha value is -0.890. The van der Waals surface area contributed by atoms with Crippen LogP contribution in [0.5, 0.6) is 0 Å². The van der Waals surface area contributed by atoms with E-state index in [0.717, 1.165) is 11.1 Å². The van der Waals surface area contributed by atoms with Gasteiger partial charge < -0.3 is 9.05 Å². The summed E-state index contributed by atoms with van der Waals surface area (Å²) < 4.78 is 21.3. The number of hydrogen-bond donors (Lipinski definition) is 0. The smallest absolute Gasteiger partial charge is 0.309 e. The zero-order valence-electron chi connectivity index (χ0n) is 9.14. The van der Waals surface area contributed by atoms with Gasteiger partial charge in [0, 0.05) is 20.0 Å². The zero-order valence-corrected chi connectivity index (χ0v) is 10.0. The van der Waals surface area contributed by atoms with Gasteiger partial charge in [0.05, 0.1) is 0 Å². The van der Waals surface area contributed by atoms with Crippen LogP contribution in [0, 0.1) is 6.92 Å². The first-order valence-electron chi connectivity index (χ1n) is 4.57. The molecule has 0 saturated heterocycles. The maximum Gasteiger partial charge on any atom is 0.353 e. The fourth-order valence-corrected chi connectivity index (χ4v) is 1.88. The van der Waals surface area contributed by atoms with E-state index in [1.54, 1.807) is 6.08 Å². The van der Waals surface area contributed by atoms with E-state index in [1.165, 1.54) is 20.0 Å². The first kappa shape index (κ1) is 12.2. The fourth-order valence-electron chi connectivity index (χ4n) is 1.14. The first-order valence-corrected chi connectivity index (χ1v) is 6.18. The number of rotatable bonds is 4. The summed E-state index contributed by atoms with van der Waals surface area (Å²) >= 11 is 0. The van der Waals surface area contributed by atoms with Gasteiger partial charge in [-0.3, -0.25) is 4.57 Å². The minimum atomic E-state index is -3.05. The molecule has 0 aromatic heterocycles. The molecule has 0 N–H and O–H groups in total. The molecule has 0 heterocycles. The topological polar surface area (TPSA) is 35.5 Å². The van der Waals surface area contributed by atoms with E-state index in [0.29, 0.717) is 0 Å². The van der Waals surface area contributed by atoms with Crippen molar-refractivity contribution < 1.29 is 13.6 Å². The molecular formula is C11H15O3P. The summed E-state index contributed by atoms with van der Waals surface area (Å²) in [5.74, 6) is 1.47. The predicted molar refractivity (Wildman–Crippen MR) is 61.8 cm³/mol. The Morgan fingerprint density at radius 1 is 1.20 bits per heavy atom. The van der Waals surface area contributed by atoms with E-state index in [9.17, 15) is 4.57 Å². The van der Waals surface area contributed by atoms with Crippen LogP contribution in [0.2, 0.25) is 0 Å². The molecule has 1 aromatic carbocycles. The molecule has 1 aromatic rings. The monoisotopic (exact) mass is 226 g/mol. The van der Waals surface area contributed by atoms with E-state index in [1.807, 2.05) is 31.2 Å². The van der Waals surface area contributed by atoms with Crippen molar-refractivity contribution in [3.8, 4) is 0 Å². The van der Waals surface area contributed by atoms with Gasteiger partial charge in [0.15, 0.2) is 0 Å². The van der Waals surface area contributed by atoms with Crippen molar-refractivity contribution in [3.05, 3.63) is 41.2 Å². The van der Waals surface area contributed by atoms with Gasteiger partial charge in [0.1, 0.15) is 0 Å². The summed E-state index contributed by atoms with van der Waals surface area (Å²) in [6, 6.07) is 7.82. The maximum absolute atomic E-state index is 11.7. The molecule has 0 bridgehead atoms. The van der Waals surface area contributed by atoms with Crippen molar-refractivity contribution in [1.82, 2.24) is 0 Å². The highest BCUT2D eigenvalue weighted by atomic mass is 31.2. The Kier molecular flexibility index (Phi) is 4.28. The molecule has 0 aliphatic heterocycles. The highest BCUT2D eigenvalue weighted by molar-refractivity contribution is 7.57. The number of benzene rings is 1. The molecule has 0 amide bonds. The summed E-state index contributed by atoms with van der Waals surface area (Å²) in [7, 11) is -0.312. The van der Waals surface area contributed by atoms with Crippen LogP contribution in [0.15, 0.2) is 30.1 Å². The van der Waals surface area contributed by atoms with Gasteiger partial charge in [-0.2, -0.15) is 0 Å². The molecule has 4 heteroatoms. The maximum atomic E-state index is 11.7. The molecule has 0 aliphatic carbocycles. The molecular weight excluding hydrogens is 211 g/mol. The average Bonchev–Trinajstić information content (AvgIpc) is 2.28. The average molecular weight is 226 g/mol. The van der Waals surface area contributed by atoms with Crippen molar-refractivity contribution in [2.45, 2.75) is 6.92 Å². The summed E-state index contributed by atoms with van der Waals surface area (Å²) in [5.41, 5.74) is 2.12.